The van der Waals surface area contributed by atoms with Gasteiger partial charge in [0, 0.05) is 5.29 Å². The quantitative estimate of drug-likeness (QED) is 0.177. The van der Waals surface area contributed by atoms with E-state index in [4.69, 9.17) is 0 Å². The lowest BCUT2D eigenvalue weighted by Gasteiger charge is -2.33. The van der Waals surface area contributed by atoms with Crippen molar-refractivity contribution in [3.05, 3.63) is 168 Å². The lowest BCUT2D eigenvalue weighted by atomic mass is 10.0. The molecule has 0 saturated carbocycles. The van der Waals surface area contributed by atoms with Crippen molar-refractivity contribution in [2.75, 3.05) is 0 Å². The fourth-order valence-corrected chi connectivity index (χ4v) is 9.46. The van der Waals surface area contributed by atoms with E-state index in [1.807, 2.05) is 79.7 Å². The summed E-state index contributed by atoms with van der Waals surface area (Å²) < 4.78 is 0. The minimum absolute atomic E-state index is 0.0694. The topological polar surface area (TPSA) is 17.1 Å². The molecule has 37 heavy (non-hydrogen) atoms. The minimum atomic E-state index is -2.57. The standard InChI is InChI=1S/C35H29OP/c1-28(27-29-17-7-2-8-18-29)34(36)35(30-19-9-3-10-20-30)37(31-21-11-4-12-22-31,32-23-13-5-14-24-32)33-25-15-6-16-26-33/h2-27H,1H3/b28-27+. The van der Waals surface area contributed by atoms with Gasteiger partial charge in [-0.3, -0.25) is 4.79 Å². The second kappa shape index (κ2) is 11.2. The Bertz CT molecular complexity index is 1450. The molecule has 5 aromatic rings. The van der Waals surface area contributed by atoms with Gasteiger partial charge in [-0.15, -0.1) is 0 Å². The van der Waals surface area contributed by atoms with Crippen LogP contribution in [0.5, 0.6) is 0 Å². The number of hydrogen-bond acceptors (Lipinski definition) is 1. The molecular formula is C35H29OP. The van der Waals surface area contributed by atoms with E-state index in [2.05, 4.69) is 84.9 Å². The highest BCUT2D eigenvalue weighted by Gasteiger charge is 2.34. The summed E-state index contributed by atoms with van der Waals surface area (Å²) in [6.07, 6.45) is 2.00. The molecule has 0 spiro atoms. The lowest BCUT2D eigenvalue weighted by molar-refractivity contribution is -0.109. The van der Waals surface area contributed by atoms with Crippen LogP contribution in [0.2, 0.25) is 0 Å². The molecule has 0 saturated heterocycles. The second-order valence-electron chi connectivity index (χ2n) is 8.96. The number of benzene rings is 5. The fraction of sp³-hybridized carbons (Fsp3) is 0.0286. The van der Waals surface area contributed by atoms with Crippen molar-refractivity contribution in [2.24, 2.45) is 0 Å². The summed E-state index contributed by atoms with van der Waals surface area (Å²) in [6.45, 7) is -0.635. The van der Waals surface area contributed by atoms with Crippen LogP contribution in [0.4, 0.5) is 0 Å². The molecule has 2 heteroatoms. The highest BCUT2D eigenvalue weighted by atomic mass is 31.2. The van der Waals surface area contributed by atoms with Crippen LogP contribution < -0.4 is 15.9 Å². The van der Waals surface area contributed by atoms with E-state index in [0.29, 0.717) is 0 Å². The molecule has 0 aliphatic heterocycles. The number of allylic oxidation sites excluding steroid dienone is 1. The molecule has 0 heterocycles. The van der Waals surface area contributed by atoms with Crippen LogP contribution in [0.1, 0.15) is 18.1 Å². The SMILES string of the molecule is C/C(=C\c1ccccc1)C(=O)C(c1ccccc1)=P(c1ccccc1)(c1ccccc1)c1ccccc1. The molecule has 180 valence electrons. The molecule has 0 atom stereocenters. The zero-order chi connectivity index (χ0) is 25.5. The molecule has 0 bridgehead atoms. The van der Waals surface area contributed by atoms with Crippen molar-refractivity contribution >= 4 is 40.0 Å². The van der Waals surface area contributed by atoms with Crippen LogP contribution in [0.15, 0.2) is 157 Å². The maximum atomic E-state index is 14.7. The Morgan fingerprint density at radius 1 is 0.514 bits per heavy atom. The predicted octanol–water partition coefficient (Wildman–Crippen LogP) is 6.87. The first-order valence-electron chi connectivity index (χ1n) is 12.5. The predicted molar refractivity (Wildman–Crippen MR) is 161 cm³/mol. The van der Waals surface area contributed by atoms with Crippen LogP contribution in [0, 0.1) is 0 Å². The van der Waals surface area contributed by atoms with Gasteiger partial charge in [0.2, 0.25) is 0 Å². The monoisotopic (exact) mass is 496 g/mol. The van der Waals surface area contributed by atoms with E-state index in [-0.39, 0.29) is 5.78 Å². The Morgan fingerprint density at radius 3 is 1.27 bits per heavy atom. The third-order valence-electron chi connectivity index (χ3n) is 6.57. The Kier molecular flexibility index (Phi) is 7.45. The summed E-state index contributed by atoms with van der Waals surface area (Å²) in [6, 6.07) is 51.9. The molecule has 0 aromatic heterocycles. The average Bonchev–Trinajstić information content (AvgIpc) is 2.98. The van der Waals surface area contributed by atoms with E-state index < -0.39 is 6.89 Å². The van der Waals surface area contributed by atoms with Gasteiger partial charge in [-0.25, -0.2) is 0 Å². The molecule has 0 fully saturated rings. The molecule has 0 aliphatic rings. The van der Waals surface area contributed by atoms with E-state index >= 15 is 0 Å². The van der Waals surface area contributed by atoms with E-state index in [0.717, 1.165) is 37.9 Å². The normalized spacial score (nSPS) is 11.6. The van der Waals surface area contributed by atoms with E-state index in [1.54, 1.807) is 0 Å². The van der Waals surface area contributed by atoms with E-state index in [1.165, 1.54) is 0 Å². The summed E-state index contributed by atoms with van der Waals surface area (Å²) >= 11 is 0. The van der Waals surface area contributed by atoms with Gasteiger partial charge in [-0.05, 0) is 52.5 Å². The van der Waals surface area contributed by atoms with Crippen LogP contribution in [0.25, 0.3) is 6.08 Å². The van der Waals surface area contributed by atoms with Gasteiger partial charge >= 0.3 is 0 Å². The smallest absolute Gasteiger partial charge is 0.190 e. The first-order chi connectivity index (χ1) is 18.2. The molecular weight excluding hydrogens is 467 g/mol. The average molecular weight is 497 g/mol. The Balaban J connectivity index is 1.98. The number of Topliss-reactive ketones (excluding diaryl/α,β-unsaturated/α-hetero) is 1. The molecule has 5 rings (SSSR count). The first-order valence-corrected chi connectivity index (χ1v) is 14.3. The molecule has 5 aromatic carbocycles. The van der Waals surface area contributed by atoms with E-state index in [9.17, 15) is 4.79 Å². The maximum absolute atomic E-state index is 14.7. The molecule has 0 unspecified atom stereocenters. The highest BCUT2D eigenvalue weighted by Crippen LogP contribution is 2.48. The largest absolute Gasteiger partial charge is 0.289 e. The summed E-state index contributed by atoms with van der Waals surface area (Å²) in [5, 5.41) is 4.33. The van der Waals surface area contributed by atoms with Gasteiger partial charge in [0.1, 0.15) is 0 Å². The number of rotatable bonds is 7. The van der Waals surface area contributed by atoms with Crippen LogP contribution in [-0.4, -0.2) is 11.1 Å². The van der Waals surface area contributed by atoms with Crippen molar-refractivity contribution in [3.63, 3.8) is 0 Å². The second-order valence-corrected chi connectivity index (χ2v) is 12.3. The van der Waals surface area contributed by atoms with Gasteiger partial charge in [0.15, 0.2) is 5.78 Å². The van der Waals surface area contributed by atoms with Gasteiger partial charge in [0.05, 0.1) is 0 Å². The molecule has 0 aliphatic carbocycles. The molecule has 0 N–H and O–H groups in total. The van der Waals surface area contributed by atoms with Crippen molar-refractivity contribution in [2.45, 2.75) is 6.92 Å². The van der Waals surface area contributed by atoms with Gasteiger partial charge in [-0.1, -0.05) is 152 Å². The summed E-state index contributed by atoms with van der Waals surface area (Å²) in [5.74, 6) is 0.0694. The number of carbonyl (C=O) groups is 1. The fourth-order valence-electron chi connectivity index (χ4n) is 4.91. The van der Waals surface area contributed by atoms with Crippen LogP contribution >= 0.6 is 6.89 Å². The molecule has 1 nitrogen and oxygen atoms in total. The van der Waals surface area contributed by atoms with Crippen LogP contribution in [0.3, 0.4) is 0 Å². The van der Waals surface area contributed by atoms with Gasteiger partial charge in [0.25, 0.3) is 0 Å². The minimum Gasteiger partial charge on any atom is -0.289 e. The Morgan fingerprint density at radius 2 is 0.865 bits per heavy atom. The Hall–Kier alpha value is -4.19. The lowest BCUT2D eigenvalue weighted by Crippen LogP contribution is -2.34. The molecule has 0 amide bonds. The zero-order valence-electron chi connectivity index (χ0n) is 20.9. The van der Waals surface area contributed by atoms with Gasteiger partial charge < -0.3 is 0 Å². The van der Waals surface area contributed by atoms with Crippen molar-refractivity contribution in [3.8, 4) is 0 Å². The highest BCUT2D eigenvalue weighted by molar-refractivity contribution is 7.97. The van der Waals surface area contributed by atoms with Crippen LogP contribution in [-0.2, 0) is 4.79 Å². The molecule has 0 radical (unpaired) electrons. The Labute approximate surface area is 219 Å². The summed E-state index contributed by atoms with van der Waals surface area (Å²) in [7, 11) is 0. The maximum Gasteiger partial charge on any atom is 0.190 e. The van der Waals surface area contributed by atoms with Gasteiger partial charge in [-0.2, -0.15) is 0 Å². The number of carbonyl (C=O) groups excluding carboxylic acids is 1. The summed E-state index contributed by atoms with van der Waals surface area (Å²) in [5.41, 5.74) is 2.69. The third-order valence-corrected chi connectivity index (χ3v) is 10.9. The summed E-state index contributed by atoms with van der Waals surface area (Å²) in [4.78, 5) is 14.7. The van der Waals surface area contributed by atoms with Crippen molar-refractivity contribution in [1.29, 1.82) is 0 Å². The number of ketones is 1. The first kappa shape index (κ1) is 24.5. The van der Waals surface area contributed by atoms with Crippen molar-refractivity contribution in [1.82, 2.24) is 0 Å². The zero-order valence-corrected chi connectivity index (χ0v) is 21.8. The number of hydrogen-bond donors (Lipinski definition) is 0. The van der Waals surface area contributed by atoms with Crippen molar-refractivity contribution < 1.29 is 4.79 Å². The third kappa shape index (κ3) is 4.92.